The van der Waals surface area contributed by atoms with Gasteiger partial charge in [0.15, 0.2) is 0 Å². The van der Waals surface area contributed by atoms with E-state index in [1.807, 2.05) is 17.0 Å². The Balaban J connectivity index is 1.38. The summed E-state index contributed by atoms with van der Waals surface area (Å²) in [5.74, 6) is -0.835. The van der Waals surface area contributed by atoms with E-state index in [9.17, 15) is 14.0 Å². The molecule has 0 bridgehead atoms. The molecule has 2 heterocycles. The monoisotopic (exact) mass is 409 g/mol. The van der Waals surface area contributed by atoms with Gasteiger partial charge < -0.3 is 20.1 Å². The molecular weight excluding hydrogens is 385 g/mol. The average Bonchev–Trinajstić information content (AvgIpc) is 3.22. The van der Waals surface area contributed by atoms with E-state index in [-0.39, 0.29) is 11.5 Å². The van der Waals surface area contributed by atoms with Gasteiger partial charge in [-0.1, -0.05) is 19.1 Å². The number of H-pyrrole nitrogens is 1. The molecule has 8 heteroatoms. The molecule has 0 atom stereocenters. The van der Waals surface area contributed by atoms with Crippen LogP contribution in [0.4, 0.5) is 10.1 Å². The van der Waals surface area contributed by atoms with E-state index < -0.39 is 11.7 Å². The molecule has 1 aromatic heterocycles. The zero-order valence-corrected chi connectivity index (χ0v) is 16.8. The van der Waals surface area contributed by atoms with E-state index in [0.29, 0.717) is 23.1 Å². The van der Waals surface area contributed by atoms with Crippen molar-refractivity contribution in [3.63, 3.8) is 0 Å². The number of benzene rings is 2. The first-order chi connectivity index (χ1) is 14.5. The number of hydrogen-bond acceptors (Lipinski definition) is 4. The summed E-state index contributed by atoms with van der Waals surface area (Å²) in [6, 6.07) is 9.61. The minimum Gasteiger partial charge on any atom is -0.344 e. The standard InChI is InChI=1S/C22H24FN5O2/c1-2-27-7-9-28(10-8-27)20(29)11-15-3-5-17(6-4-15)26-22(30)18-12-16(23)13-19-21(18)25-14-24-19/h3-6,12-14H,2,7-11H2,1H3,(H,24,25)(H,26,30). The Bertz CT molecular complexity index is 1060. The molecule has 1 fully saturated rings. The van der Waals surface area contributed by atoms with Gasteiger partial charge in [-0.3, -0.25) is 9.59 Å². The molecule has 4 rings (SSSR count). The number of piperazine rings is 1. The van der Waals surface area contributed by atoms with Gasteiger partial charge in [0.1, 0.15) is 11.3 Å². The van der Waals surface area contributed by atoms with Crippen LogP contribution in [-0.4, -0.2) is 64.3 Å². The summed E-state index contributed by atoms with van der Waals surface area (Å²) in [7, 11) is 0. The van der Waals surface area contributed by atoms with Crippen LogP contribution in [0.2, 0.25) is 0 Å². The third-order valence-electron chi connectivity index (χ3n) is 5.47. The Kier molecular flexibility index (Phi) is 5.76. The number of nitrogens with zero attached hydrogens (tertiary/aromatic N) is 3. The number of hydrogen-bond donors (Lipinski definition) is 2. The van der Waals surface area contributed by atoms with E-state index in [1.54, 1.807) is 12.1 Å². The lowest BCUT2D eigenvalue weighted by atomic mass is 10.1. The van der Waals surface area contributed by atoms with Gasteiger partial charge >= 0.3 is 0 Å². The first-order valence-electron chi connectivity index (χ1n) is 10.1. The summed E-state index contributed by atoms with van der Waals surface area (Å²) >= 11 is 0. The van der Waals surface area contributed by atoms with Crippen molar-refractivity contribution in [3.8, 4) is 0 Å². The van der Waals surface area contributed by atoms with Crippen LogP contribution < -0.4 is 5.32 Å². The first-order valence-corrected chi connectivity index (χ1v) is 10.1. The topological polar surface area (TPSA) is 81.3 Å². The second kappa shape index (κ2) is 8.62. The van der Waals surface area contributed by atoms with Gasteiger partial charge in [0.2, 0.25) is 5.91 Å². The van der Waals surface area contributed by atoms with E-state index in [4.69, 9.17) is 0 Å². The van der Waals surface area contributed by atoms with Gasteiger partial charge in [0.25, 0.3) is 5.91 Å². The molecule has 30 heavy (non-hydrogen) atoms. The molecule has 0 aliphatic carbocycles. The number of halogens is 1. The van der Waals surface area contributed by atoms with Crippen LogP contribution in [-0.2, 0) is 11.2 Å². The number of carbonyl (C=O) groups is 2. The van der Waals surface area contributed by atoms with Gasteiger partial charge in [-0.2, -0.15) is 0 Å². The van der Waals surface area contributed by atoms with Crippen LogP contribution in [0.25, 0.3) is 11.0 Å². The third kappa shape index (κ3) is 4.33. The van der Waals surface area contributed by atoms with Gasteiger partial charge in [-0.15, -0.1) is 0 Å². The molecule has 1 aliphatic rings. The predicted octanol–water partition coefficient (Wildman–Crippen LogP) is 2.66. The lowest BCUT2D eigenvalue weighted by molar-refractivity contribution is -0.132. The fourth-order valence-corrected chi connectivity index (χ4v) is 3.69. The van der Waals surface area contributed by atoms with Gasteiger partial charge in [-0.05, 0) is 36.4 Å². The SMILES string of the molecule is CCN1CCN(C(=O)Cc2ccc(NC(=O)c3cc(F)cc4[nH]cnc34)cc2)CC1. The number of anilines is 1. The minimum atomic E-state index is -0.509. The summed E-state index contributed by atoms with van der Waals surface area (Å²) in [5.41, 5.74) is 2.50. The lowest BCUT2D eigenvalue weighted by Gasteiger charge is -2.34. The van der Waals surface area contributed by atoms with Gasteiger partial charge in [-0.25, -0.2) is 9.37 Å². The van der Waals surface area contributed by atoms with Crippen LogP contribution in [0.3, 0.4) is 0 Å². The predicted molar refractivity (Wildman–Crippen MR) is 113 cm³/mol. The van der Waals surface area contributed by atoms with Gasteiger partial charge in [0.05, 0.1) is 23.8 Å². The maximum absolute atomic E-state index is 13.8. The molecule has 7 nitrogen and oxygen atoms in total. The van der Waals surface area contributed by atoms with Crippen molar-refractivity contribution in [1.82, 2.24) is 19.8 Å². The molecule has 3 aromatic rings. The third-order valence-corrected chi connectivity index (χ3v) is 5.47. The summed E-state index contributed by atoms with van der Waals surface area (Å²) in [6.07, 6.45) is 1.76. The number of rotatable bonds is 5. The quantitative estimate of drug-likeness (QED) is 0.679. The minimum absolute atomic E-state index is 0.114. The van der Waals surface area contributed by atoms with Crippen molar-refractivity contribution < 1.29 is 14.0 Å². The zero-order chi connectivity index (χ0) is 21.1. The van der Waals surface area contributed by atoms with E-state index in [1.165, 1.54) is 18.5 Å². The summed E-state index contributed by atoms with van der Waals surface area (Å²) in [4.78, 5) is 36.3. The maximum Gasteiger partial charge on any atom is 0.258 e. The number of carbonyl (C=O) groups excluding carboxylic acids is 2. The molecule has 156 valence electrons. The van der Waals surface area contributed by atoms with Crippen molar-refractivity contribution in [2.75, 3.05) is 38.0 Å². The fourth-order valence-electron chi connectivity index (χ4n) is 3.69. The van der Waals surface area contributed by atoms with Crippen LogP contribution in [0.5, 0.6) is 0 Å². The largest absolute Gasteiger partial charge is 0.344 e. The Morgan fingerprint density at radius 3 is 2.57 bits per heavy atom. The smallest absolute Gasteiger partial charge is 0.258 e. The normalized spacial score (nSPS) is 14.8. The van der Waals surface area contributed by atoms with Gasteiger partial charge in [0, 0.05) is 31.9 Å². The van der Waals surface area contributed by atoms with Crippen LogP contribution in [0.15, 0.2) is 42.7 Å². The first kappa shape index (κ1) is 20.0. The molecular formula is C22H24FN5O2. The summed E-state index contributed by atoms with van der Waals surface area (Å²) in [6.45, 7) is 6.49. The van der Waals surface area contributed by atoms with Crippen LogP contribution >= 0.6 is 0 Å². The highest BCUT2D eigenvalue weighted by Crippen LogP contribution is 2.19. The Hall–Kier alpha value is -3.26. The number of likely N-dealkylation sites (N-methyl/N-ethyl adjacent to an activating group) is 1. The van der Waals surface area contributed by atoms with E-state index in [0.717, 1.165) is 38.3 Å². The number of amides is 2. The van der Waals surface area contributed by atoms with Crippen molar-refractivity contribution in [2.45, 2.75) is 13.3 Å². The molecule has 0 saturated carbocycles. The highest BCUT2D eigenvalue weighted by atomic mass is 19.1. The van der Waals surface area contributed by atoms with E-state index >= 15 is 0 Å². The van der Waals surface area contributed by atoms with Crippen LogP contribution in [0, 0.1) is 5.82 Å². The molecule has 0 spiro atoms. The summed E-state index contributed by atoms with van der Waals surface area (Å²) in [5, 5.41) is 2.76. The second-order valence-corrected chi connectivity index (χ2v) is 7.39. The number of fused-ring (bicyclic) bond motifs is 1. The zero-order valence-electron chi connectivity index (χ0n) is 16.8. The molecule has 0 unspecified atom stereocenters. The Labute approximate surface area is 173 Å². The lowest BCUT2D eigenvalue weighted by Crippen LogP contribution is -2.48. The maximum atomic E-state index is 13.8. The van der Waals surface area contributed by atoms with Crippen molar-refractivity contribution in [3.05, 3.63) is 59.7 Å². The highest BCUT2D eigenvalue weighted by molar-refractivity contribution is 6.11. The Morgan fingerprint density at radius 1 is 1.13 bits per heavy atom. The number of aromatic nitrogens is 2. The molecule has 2 N–H and O–H groups in total. The molecule has 2 amide bonds. The number of imidazole rings is 1. The number of aromatic amines is 1. The Morgan fingerprint density at radius 2 is 1.87 bits per heavy atom. The highest BCUT2D eigenvalue weighted by Gasteiger charge is 2.20. The average molecular weight is 409 g/mol. The van der Waals surface area contributed by atoms with Crippen molar-refractivity contribution in [1.29, 1.82) is 0 Å². The second-order valence-electron chi connectivity index (χ2n) is 7.39. The summed E-state index contributed by atoms with van der Waals surface area (Å²) < 4.78 is 13.8. The van der Waals surface area contributed by atoms with E-state index in [2.05, 4.69) is 27.1 Å². The molecule has 1 aliphatic heterocycles. The van der Waals surface area contributed by atoms with Crippen molar-refractivity contribution >= 4 is 28.5 Å². The number of nitrogens with one attached hydrogen (secondary N) is 2. The molecule has 1 saturated heterocycles. The fraction of sp³-hybridized carbons (Fsp3) is 0.318. The molecule has 0 radical (unpaired) electrons. The molecule has 2 aromatic carbocycles. The van der Waals surface area contributed by atoms with Crippen LogP contribution in [0.1, 0.15) is 22.8 Å². The van der Waals surface area contributed by atoms with Crippen molar-refractivity contribution in [2.24, 2.45) is 0 Å².